The maximum atomic E-state index is 13.4. The van der Waals surface area contributed by atoms with Crippen LogP contribution in [0.1, 0.15) is 32.6 Å². The van der Waals surface area contributed by atoms with Gasteiger partial charge >= 0.3 is 0 Å². The molecule has 0 unspecified atom stereocenters. The van der Waals surface area contributed by atoms with Crippen LogP contribution in [-0.2, 0) is 4.79 Å². The molecule has 0 saturated heterocycles. The Hall–Kier alpha value is -5.03. The van der Waals surface area contributed by atoms with Gasteiger partial charge in [-0.05, 0) is 67.4 Å². The molecule has 0 aliphatic rings. The lowest BCUT2D eigenvalue weighted by atomic mass is 10.0. The number of nitrogens with one attached hydrogen (secondary N) is 1. The molecule has 2 aromatic heterocycles. The molecule has 8 heteroatoms. The molecule has 0 aliphatic carbocycles. The Balaban J connectivity index is 1.58. The predicted molar refractivity (Wildman–Crippen MR) is 134 cm³/mol. The van der Waals surface area contributed by atoms with Gasteiger partial charge in [0.15, 0.2) is 12.4 Å². The van der Waals surface area contributed by atoms with Gasteiger partial charge in [0.25, 0.3) is 11.5 Å². The highest BCUT2D eigenvalue weighted by Crippen LogP contribution is 2.22. The molecule has 1 N–H and O–H groups in total. The molecular weight excluding hydrogens is 456 g/mol. The number of nitrogens with zero attached hydrogens (tertiary/aromatic N) is 3. The third kappa shape index (κ3) is 5.21. The Labute approximate surface area is 207 Å². The summed E-state index contributed by atoms with van der Waals surface area (Å²) in [6.45, 7) is 3.63. The Morgan fingerprint density at radius 1 is 1.03 bits per heavy atom. The summed E-state index contributed by atoms with van der Waals surface area (Å²) in [5.74, 6) is -0.370. The average molecular weight is 479 g/mol. The lowest BCUT2D eigenvalue weighted by molar-refractivity contribution is -0.118. The van der Waals surface area contributed by atoms with Gasteiger partial charge in [0.1, 0.15) is 23.2 Å². The Morgan fingerprint density at radius 3 is 2.53 bits per heavy atom. The van der Waals surface area contributed by atoms with Gasteiger partial charge in [0.2, 0.25) is 0 Å². The van der Waals surface area contributed by atoms with Crippen molar-refractivity contribution in [1.29, 1.82) is 5.26 Å². The number of hydrogen-bond donors (Lipinski definition) is 1. The molecule has 1 amide bonds. The summed E-state index contributed by atoms with van der Waals surface area (Å²) >= 11 is 0. The van der Waals surface area contributed by atoms with Crippen molar-refractivity contribution in [1.82, 2.24) is 9.55 Å². The minimum absolute atomic E-state index is 0.104. The fourth-order valence-electron chi connectivity index (χ4n) is 3.55. The first-order chi connectivity index (χ1) is 17.4. The van der Waals surface area contributed by atoms with Gasteiger partial charge < -0.3 is 10.1 Å². The van der Waals surface area contributed by atoms with Crippen molar-refractivity contribution in [3.05, 3.63) is 117 Å². The first kappa shape index (κ1) is 24.1. The van der Waals surface area contributed by atoms with Gasteiger partial charge in [-0.15, -0.1) is 0 Å². The zero-order valence-corrected chi connectivity index (χ0v) is 19.7. The number of nitriles is 1. The molecule has 0 fully saturated rings. The molecule has 4 aromatic rings. The van der Waals surface area contributed by atoms with E-state index < -0.39 is 11.3 Å². The summed E-state index contributed by atoms with van der Waals surface area (Å²) in [6, 6.07) is 20.1. The Bertz CT molecular complexity index is 1550. The normalized spacial score (nSPS) is 10.4. The minimum atomic E-state index is -0.583. The number of pyridine rings is 2. The summed E-state index contributed by atoms with van der Waals surface area (Å²) in [4.78, 5) is 42.7. The van der Waals surface area contributed by atoms with E-state index in [9.17, 15) is 19.6 Å². The molecule has 0 bridgehead atoms. The monoisotopic (exact) mass is 478 g/mol. The molecule has 178 valence electrons. The quantitative estimate of drug-likeness (QED) is 0.402. The number of ether oxygens (including phenoxy) is 1. The molecule has 4 rings (SSSR count). The third-order valence-electron chi connectivity index (χ3n) is 5.58. The topological polar surface area (TPSA) is 114 Å². The van der Waals surface area contributed by atoms with Crippen molar-refractivity contribution in [2.45, 2.75) is 13.8 Å². The second-order valence-corrected chi connectivity index (χ2v) is 8.08. The van der Waals surface area contributed by atoms with Gasteiger partial charge in [-0.3, -0.25) is 19.0 Å². The van der Waals surface area contributed by atoms with Gasteiger partial charge in [0, 0.05) is 23.6 Å². The zero-order chi connectivity index (χ0) is 25.7. The van der Waals surface area contributed by atoms with Crippen molar-refractivity contribution < 1.29 is 14.3 Å². The second kappa shape index (κ2) is 10.5. The van der Waals surface area contributed by atoms with E-state index in [2.05, 4.69) is 10.3 Å². The maximum absolute atomic E-state index is 13.4. The number of hydrogen-bond acceptors (Lipinski definition) is 6. The number of para-hydroxylation sites is 1. The van der Waals surface area contributed by atoms with E-state index >= 15 is 0 Å². The highest BCUT2D eigenvalue weighted by molar-refractivity contribution is 6.10. The molecule has 0 aliphatic heterocycles. The molecular formula is C28H22N4O4. The van der Waals surface area contributed by atoms with Crippen LogP contribution in [0.5, 0.6) is 5.75 Å². The van der Waals surface area contributed by atoms with Crippen molar-refractivity contribution in [3.8, 4) is 17.6 Å². The van der Waals surface area contributed by atoms with Crippen LogP contribution in [0.15, 0.2) is 83.9 Å². The SMILES string of the molecule is Cc1ccc(NC(=O)COc2ccccc2C(=O)c2cc(C#N)c(=O)n(-c3ccccn3)c2)cc1C. The summed E-state index contributed by atoms with van der Waals surface area (Å²) < 4.78 is 6.84. The summed E-state index contributed by atoms with van der Waals surface area (Å²) in [6.07, 6.45) is 2.85. The van der Waals surface area contributed by atoms with Crippen molar-refractivity contribution in [2.24, 2.45) is 0 Å². The van der Waals surface area contributed by atoms with Gasteiger partial charge in [0.05, 0.1) is 5.56 Å². The van der Waals surface area contributed by atoms with E-state index in [1.807, 2.05) is 32.0 Å². The van der Waals surface area contributed by atoms with Crippen LogP contribution in [0.25, 0.3) is 5.82 Å². The minimum Gasteiger partial charge on any atom is -0.483 e. The number of ketones is 1. The highest BCUT2D eigenvalue weighted by atomic mass is 16.5. The summed E-state index contributed by atoms with van der Waals surface area (Å²) in [7, 11) is 0. The van der Waals surface area contributed by atoms with Gasteiger partial charge in [-0.25, -0.2) is 4.98 Å². The average Bonchev–Trinajstić information content (AvgIpc) is 2.90. The molecule has 2 aromatic carbocycles. The molecule has 0 spiro atoms. The largest absolute Gasteiger partial charge is 0.483 e. The van der Waals surface area contributed by atoms with Crippen molar-refractivity contribution in [2.75, 3.05) is 11.9 Å². The van der Waals surface area contributed by atoms with Crippen LogP contribution >= 0.6 is 0 Å². The molecule has 2 heterocycles. The summed E-state index contributed by atoms with van der Waals surface area (Å²) in [5, 5.41) is 12.2. The number of aromatic nitrogens is 2. The number of carbonyl (C=O) groups excluding carboxylic acids is 2. The summed E-state index contributed by atoms with van der Waals surface area (Å²) in [5.41, 5.74) is 2.33. The number of benzene rings is 2. The highest BCUT2D eigenvalue weighted by Gasteiger charge is 2.19. The molecule has 0 atom stereocenters. The van der Waals surface area contributed by atoms with Crippen LogP contribution in [0.3, 0.4) is 0 Å². The fraction of sp³-hybridized carbons (Fsp3) is 0.107. The Kier molecular flexibility index (Phi) is 7.02. The maximum Gasteiger partial charge on any atom is 0.274 e. The molecule has 8 nitrogen and oxygen atoms in total. The zero-order valence-electron chi connectivity index (χ0n) is 19.7. The second-order valence-electron chi connectivity index (χ2n) is 8.08. The van der Waals surface area contributed by atoms with E-state index in [0.717, 1.165) is 15.7 Å². The van der Waals surface area contributed by atoms with Crippen LogP contribution < -0.4 is 15.6 Å². The van der Waals surface area contributed by atoms with E-state index in [4.69, 9.17) is 4.74 Å². The molecule has 36 heavy (non-hydrogen) atoms. The molecule has 0 radical (unpaired) electrons. The number of aryl methyl sites for hydroxylation is 2. The van der Waals surface area contributed by atoms with Crippen molar-refractivity contribution in [3.63, 3.8) is 0 Å². The Morgan fingerprint density at radius 2 is 1.81 bits per heavy atom. The smallest absolute Gasteiger partial charge is 0.274 e. The van der Waals surface area contributed by atoms with Crippen molar-refractivity contribution >= 4 is 17.4 Å². The number of carbonyl (C=O) groups is 2. The first-order valence-corrected chi connectivity index (χ1v) is 11.1. The lowest BCUT2D eigenvalue weighted by Gasteiger charge is -2.13. The van der Waals surface area contributed by atoms with Crippen LogP contribution in [0, 0.1) is 25.2 Å². The van der Waals surface area contributed by atoms with Crippen LogP contribution in [0.2, 0.25) is 0 Å². The van der Waals surface area contributed by atoms with E-state index in [-0.39, 0.29) is 40.8 Å². The predicted octanol–water partition coefficient (Wildman–Crippen LogP) is 3.97. The number of anilines is 1. The van der Waals surface area contributed by atoms with E-state index in [0.29, 0.717) is 5.69 Å². The first-order valence-electron chi connectivity index (χ1n) is 11.1. The van der Waals surface area contributed by atoms with E-state index in [1.165, 1.54) is 18.5 Å². The third-order valence-corrected chi connectivity index (χ3v) is 5.58. The van der Waals surface area contributed by atoms with Crippen LogP contribution in [-0.4, -0.2) is 27.8 Å². The lowest BCUT2D eigenvalue weighted by Crippen LogP contribution is -2.24. The van der Waals surface area contributed by atoms with Gasteiger partial charge in [-0.2, -0.15) is 5.26 Å². The van der Waals surface area contributed by atoms with Crippen LogP contribution in [0.4, 0.5) is 5.69 Å². The van der Waals surface area contributed by atoms with E-state index in [1.54, 1.807) is 48.5 Å². The standard InChI is InChI=1S/C28H22N4O4/c1-18-10-11-22(13-19(18)2)31-26(33)17-36-24-8-4-3-7-23(24)27(34)21-14-20(15-29)28(35)32(16-21)25-9-5-6-12-30-25/h3-14,16H,17H2,1-2H3,(H,31,33). The molecule has 0 saturated carbocycles. The van der Waals surface area contributed by atoms with Gasteiger partial charge in [-0.1, -0.05) is 24.3 Å². The fourth-order valence-corrected chi connectivity index (χ4v) is 3.55. The number of rotatable bonds is 7. The number of amides is 1.